The van der Waals surface area contributed by atoms with Gasteiger partial charge in [0.2, 0.25) is 5.91 Å². The maximum atomic E-state index is 13.9. The molecule has 0 aliphatic carbocycles. The molecule has 2 fully saturated rings. The van der Waals surface area contributed by atoms with Gasteiger partial charge in [0.25, 0.3) is 0 Å². The first-order chi connectivity index (χ1) is 24.7. The molecule has 4 N–H and O–H groups in total. The van der Waals surface area contributed by atoms with Crippen LogP contribution in [0.5, 0.6) is 5.75 Å². The van der Waals surface area contributed by atoms with Crippen LogP contribution < -0.4 is 15.4 Å². The highest BCUT2D eigenvalue weighted by atomic mass is 16.5. The lowest BCUT2D eigenvalue weighted by Gasteiger charge is -2.32. The Bertz CT molecular complexity index is 2120. The van der Waals surface area contributed by atoms with Crippen LogP contribution in [0.15, 0.2) is 48.7 Å². The second-order valence-electron chi connectivity index (χ2n) is 14.6. The number of hydrogen-bond donors (Lipinski definition) is 4. The number of aromatic nitrogens is 4. The van der Waals surface area contributed by atoms with Crippen LogP contribution in [0.1, 0.15) is 69.3 Å². The number of nitrogens with one attached hydrogen (secondary N) is 4. The number of benzene rings is 3. The lowest BCUT2D eigenvalue weighted by Crippen LogP contribution is -2.52. The van der Waals surface area contributed by atoms with E-state index in [0.29, 0.717) is 12.5 Å². The minimum atomic E-state index is -0.700. The number of H-pyrrole nitrogens is 2. The van der Waals surface area contributed by atoms with Crippen molar-refractivity contribution in [3.8, 4) is 28.1 Å². The zero-order valence-corrected chi connectivity index (χ0v) is 29.7. The van der Waals surface area contributed by atoms with E-state index in [0.717, 1.165) is 99.6 Å². The van der Waals surface area contributed by atoms with E-state index in [2.05, 4.69) is 70.0 Å². The number of rotatable bonds is 8. The molecule has 3 aromatic carbocycles. The molecular formula is C39H45N7O5. The van der Waals surface area contributed by atoms with Gasteiger partial charge in [-0.05, 0) is 84.4 Å². The molecule has 0 spiro atoms. The predicted octanol–water partition coefficient (Wildman–Crippen LogP) is 6.40. The highest BCUT2D eigenvalue weighted by Crippen LogP contribution is 2.43. The third kappa shape index (κ3) is 5.99. The van der Waals surface area contributed by atoms with E-state index >= 15 is 0 Å². The van der Waals surface area contributed by atoms with Gasteiger partial charge in [-0.3, -0.25) is 4.79 Å². The van der Waals surface area contributed by atoms with Gasteiger partial charge >= 0.3 is 6.09 Å². The molecule has 0 bridgehead atoms. The lowest BCUT2D eigenvalue weighted by atomic mass is 9.92. The van der Waals surface area contributed by atoms with Crippen molar-refractivity contribution in [2.24, 2.45) is 11.8 Å². The molecule has 5 heterocycles. The number of hydrogen-bond acceptors (Lipinski definition) is 8. The van der Waals surface area contributed by atoms with Crippen molar-refractivity contribution in [3.05, 3.63) is 65.9 Å². The zero-order valence-electron chi connectivity index (χ0n) is 29.7. The van der Waals surface area contributed by atoms with E-state index in [1.54, 1.807) is 7.11 Å². The second-order valence-corrected chi connectivity index (χ2v) is 14.6. The molecule has 2 amide bonds. The summed E-state index contributed by atoms with van der Waals surface area (Å²) in [5.74, 6) is 2.78. The Balaban J connectivity index is 1.07. The van der Waals surface area contributed by atoms with Crippen molar-refractivity contribution in [1.82, 2.24) is 35.5 Å². The average Bonchev–Trinajstić information content (AvgIpc) is 3.95. The van der Waals surface area contributed by atoms with E-state index in [-0.39, 0.29) is 30.0 Å². The van der Waals surface area contributed by atoms with E-state index < -0.39 is 12.1 Å². The van der Waals surface area contributed by atoms with Gasteiger partial charge in [-0.25, -0.2) is 14.8 Å². The molecular weight excluding hydrogens is 646 g/mol. The molecule has 51 heavy (non-hydrogen) atoms. The van der Waals surface area contributed by atoms with Crippen LogP contribution in [-0.2, 0) is 20.9 Å². The van der Waals surface area contributed by atoms with Crippen molar-refractivity contribution >= 4 is 33.8 Å². The number of ether oxygens (including phenoxy) is 3. The van der Waals surface area contributed by atoms with E-state index in [9.17, 15) is 9.59 Å². The minimum Gasteiger partial charge on any atom is -0.488 e. The fraction of sp³-hybridized carbons (Fsp3) is 0.436. The van der Waals surface area contributed by atoms with Gasteiger partial charge in [0.15, 0.2) is 0 Å². The number of aromatic amines is 2. The van der Waals surface area contributed by atoms with E-state index in [1.807, 2.05) is 24.9 Å². The summed E-state index contributed by atoms with van der Waals surface area (Å²) in [6, 6.07) is 14.2. The first-order valence-electron chi connectivity index (χ1n) is 17.9. The lowest BCUT2D eigenvalue weighted by molar-refractivity contribution is -0.137. The molecule has 2 saturated heterocycles. The average molecular weight is 692 g/mol. The van der Waals surface area contributed by atoms with Crippen molar-refractivity contribution in [2.45, 2.75) is 70.8 Å². The maximum absolute atomic E-state index is 13.9. The highest BCUT2D eigenvalue weighted by molar-refractivity contribution is 6.07. The Hall–Kier alpha value is -4.94. The van der Waals surface area contributed by atoms with Crippen LogP contribution in [0.3, 0.4) is 0 Å². The second kappa shape index (κ2) is 13.3. The van der Waals surface area contributed by atoms with Crippen molar-refractivity contribution in [3.63, 3.8) is 0 Å². The number of amides is 2. The Morgan fingerprint density at radius 3 is 2.73 bits per heavy atom. The maximum Gasteiger partial charge on any atom is 0.407 e. The Morgan fingerprint density at radius 1 is 1.06 bits per heavy atom. The summed E-state index contributed by atoms with van der Waals surface area (Å²) in [5.41, 5.74) is 7.14. The number of carbonyl (C=O) groups is 2. The number of carbonyl (C=O) groups excluding carboxylic acids is 2. The Kier molecular flexibility index (Phi) is 8.67. The third-order valence-electron chi connectivity index (χ3n) is 10.9. The van der Waals surface area contributed by atoms with Crippen molar-refractivity contribution < 1.29 is 23.8 Å². The number of imidazole rings is 2. The molecule has 3 aliphatic heterocycles. The molecule has 8 rings (SSSR count). The van der Waals surface area contributed by atoms with Crippen LogP contribution >= 0.6 is 0 Å². The molecule has 0 radical (unpaired) electrons. The standard InChI is InChI=1S/C39H45N7O5/c1-20(2)34(45-39(48)50-5)38(47)46-21(3)6-11-32(46)37-42-29-10-8-23-14-28-26-9-7-24(13-25(26)19-51-33(28)15-27(23)35(29)44-37)31-17-41-36(43-31)30-12-22(16-40-30)18-49-4/h7-10,13-15,17,20-22,30,32,34,40H,6,11-12,16,18-19H2,1-5H3,(H,41,43)(H,42,44)(H,45,48)/t21-,22-,30-,32-,34-/m0/s1. The zero-order chi connectivity index (χ0) is 35.4. The van der Waals surface area contributed by atoms with Crippen LogP contribution in [0.2, 0.25) is 0 Å². The fourth-order valence-electron chi connectivity index (χ4n) is 8.16. The van der Waals surface area contributed by atoms with Crippen LogP contribution in [0.4, 0.5) is 4.79 Å². The first-order valence-corrected chi connectivity index (χ1v) is 17.9. The van der Waals surface area contributed by atoms with E-state index in [1.165, 1.54) is 7.11 Å². The summed E-state index contributed by atoms with van der Waals surface area (Å²) >= 11 is 0. The molecule has 2 aromatic heterocycles. The normalized spacial score (nSPS) is 21.9. The molecule has 5 aromatic rings. The number of fused-ring (bicyclic) bond motifs is 6. The largest absolute Gasteiger partial charge is 0.488 e. The van der Waals surface area contributed by atoms with Gasteiger partial charge in [-0.2, -0.15) is 0 Å². The summed E-state index contributed by atoms with van der Waals surface area (Å²) in [6.45, 7) is 8.04. The molecule has 0 saturated carbocycles. The molecule has 0 unspecified atom stereocenters. The van der Waals surface area contributed by atoms with Crippen LogP contribution in [-0.4, -0.2) is 76.3 Å². The molecule has 12 nitrogen and oxygen atoms in total. The van der Waals surface area contributed by atoms with Gasteiger partial charge in [-0.15, -0.1) is 0 Å². The fourth-order valence-corrected chi connectivity index (χ4v) is 8.16. The monoisotopic (exact) mass is 691 g/mol. The van der Waals surface area contributed by atoms with Gasteiger partial charge < -0.3 is 39.7 Å². The molecule has 266 valence electrons. The van der Waals surface area contributed by atoms with Crippen molar-refractivity contribution in [1.29, 1.82) is 0 Å². The molecule has 5 atom stereocenters. The Labute approximate surface area is 296 Å². The minimum absolute atomic E-state index is 0.00243. The number of methoxy groups -OCH3 is 2. The number of likely N-dealkylation sites (tertiary alicyclic amines) is 1. The predicted molar refractivity (Wildman–Crippen MR) is 194 cm³/mol. The summed E-state index contributed by atoms with van der Waals surface area (Å²) in [6.07, 6.45) is 3.92. The first kappa shape index (κ1) is 33.2. The third-order valence-corrected chi connectivity index (χ3v) is 10.9. The van der Waals surface area contributed by atoms with Gasteiger partial charge in [0.1, 0.15) is 30.0 Å². The van der Waals surface area contributed by atoms with Crippen molar-refractivity contribution in [2.75, 3.05) is 27.4 Å². The molecule has 3 aliphatic rings. The summed E-state index contributed by atoms with van der Waals surface area (Å²) in [7, 11) is 3.06. The van der Waals surface area contributed by atoms with Crippen LogP contribution in [0.25, 0.3) is 44.2 Å². The van der Waals surface area contributed by atoms with Gasteiger partial charge in [-0.1, -0.05) is 32.0 Å². The number of nitrogens with zero attached hydrogens (tertiary/aromatic N) is 3. The number of alkyl carbamates (subject to hydrolysis) is 1. The summed E-state index contributed by atoms with van der Waals surface area (Å²) < 4.78 is 16.6. The van der Waals surface area contributed by atoms with E-state index in [4.69, 9.17) is 24.2 Å². The summed E-state index contributed by atoms with van der Waals surface area (Å²) in [5, 5.41) is 8.36. The van der Waals surface area contributed by atoms with Gasteiger partial charge in [0.05, 0.1) is 48.7 Å². The Morgan fingerprint density at radius 2 is 1.92 bits per heavy atom. The molecule has 12 heteroatoms. The SMILES string of the molecule is COC[C@@H]1CN[C@H](c2ncc(-c3ccc4c(c3)COc3cc5c(ccc6[nH]c([C@@H]7CC[C@H](C)N7C(=O)[C@@H](NC(=O)OC)C(C)C)nc65)cc3-4)[nH]2)C1. The summed E-state index contributed by atoms with van der Waals surface area (Å²) in [4.78, 5) is 44.8. The highest BCUT2D eigenvalue weighted by Gasteiger charge is 2.41. The quantitative estimate of drug-likeness (QED) is 0.146. The smallest absolute Gasteiger partial charge is 0.407 e. The van der Waals surface area contributed by atoms with Crippen LogP contribution in [0, 0.1) is 11.8 Å². The topological polar surface area (TPSA) is 146 Å². The van der Waals surface area contributed by atoms with Gasteiger partial charge in [0, 0.05) is 30.6 Å².